The van der Waals surface area contributed by atoms with Crippen molar-refractivity contribution in [3.63, 3.8) is 0 Å². The summed E-state index contributed by atoms with van der Waals surface area (Å²) in [5, 5.41) is 21.3. The second-order valence-corrected chi connectivity index (χ2v) is 3.97. The summed E-state index contributed by atoms with van der Waals surface area (Å²) in [4.78, 5) is 20.3. The number of nitrogens with zero attached hydrogens (tertiary/aromatic N) is 2. The van der Waals surface area contributed by atoms with E-state index >= 15 is 0 Å². The summed E-state index contributed by atoms with van der Waals surface area (Å²) in [6, 6.07) is 11.8. The molecule has 0 unspecified atom stereocenters. The minimum absolute atomic E-state index is 0.0230. The van der Waals surface area contributed by atoms with Gasteiger partial charge in [-0.3, -0.25) is 20.2 Å². The summed E-state index contributed by atoms with van der Waals surface area (Å²) in [6.07, 6.45) is 0. The molecule has 7 heteroatoms. The third-order valence-electron chi connectivity index (χ3n) is 2.56. The van der Waals surface area contributed by atoms with Crippen LogP contribution in [0.4, 0.5) is 11.4 Å². The third-order valence-corrected chi connectivity index (χ3v) is 2.56. The first-order valence-corrected chi connectivity index (χ1v) is 5.67. The maximum atomic E-state index is 10.6. The van der Waals surface area contributed by atoms with Crippen LogP contribution in [0.25, 0.3) is 0 Å². The van der Waals surface area contributed by atoms with Crippen molar-refractivity contribution in [3.05, 3.63) is 74.3 Å². The number of nitro groups is 2. The number of nitro benzene ring substituents is 2. The van der Waals surface area contributed by atoms with Crippen LogP contribution in [0.3, 0.4) is 0 Å². The fourth-order valence-electron chi connectivity index (χ4n) is 1.61. The van der Waals surface area contributed by atoms with Gasteiger partial charge in [0.2, 0.25) is 0 Å². The van der Waals surface area contributed by atoms with Crippen molar-refractivity contribution in [1.82, 2.24) is 0 Å². The van der Waals surface area contributed by atoms with E-state index in [1.54, 1.807) is 18.2 Å². The first kappa shape index (κ1) is 13.5. The summed E-state index contributed by atoms with van der Waals surface area (Å²) in [6.45, 7) is 0.100. The first-order valence-electron chi connectivity index (χ1n) is 5.67. The number of hydrogen-bond donors (Lipinski definition) is 0. The highest BCUT2D eigenvalue weighted by Gasteiger charge is 2.08. The number of non-ortho nitro benzene ring substituents is 2. The highest BCUT2D eigenvalue weighted by Crippen LogP contribution is 2.21. The van der Waals surface area contributed by atoms with Gasteiger partial charge in [-0.25, -0.2) is 0 Å². The molecule has 0 aliphatic rings. The number of benzene rings is 2. The number of rotatable bonds is 5. The highest BCUT2D eigenvalue weighted by atomic mass is 16.6. The Morgan fingerprint density at radius 2 is 1.50 bits per heavy atom. The summed E-state index contributed by atoms with van der Waals surface area (Å²) < 4.78 is 5.39. The molecule has 0 saturated heterocycles. The third kappa shape index (κ3) is 3.29. The fourth-order valence-corrected chi connectivity index (χ4v) is 1.61. The second-order valence-electron chi connectivity index (χ2n) is 3.97. The zero-order valence-corrected chi connectivity index (χ0v) is 10.3. The molecule has 102 valence electrons. The Balaban J connectivity index is 2.08. The van der Waals surface area contributed by atoms with Crippen LogP contribution >= 0.6 is 0 Å². The monoisotopic (exact) mass is 274 g/mol. The van der Waals surface area contributed by atoms with Crippen molar-refractivity contribution in [2.75, 3.05) is 0 Å². The second kappa shape index (κ2) is 5.79. The molecule has 0 fully saturated rings. The van der Waals surface area contributed by atoms with Crippen molar-refractivity contribution in [2.45, 2.75) is 6.61 Å². The van der Waals surface area contributed by atoms with E-state index in [4.69, 9.17) is 4.74 Å². The fraction of sp³-hybridized carbons (Fsp3) is 0.0769. The SMILES string of the molecule is O=[N+]([O-])c1cccc(COc2cccc([N+](=O)[O-])c2)c1. The van der Waals surface area contributed by atoms with Gasteiger partial charge in [-0.05, 0) is 11.6 Å². The van der Waals surface area contributed by atoms with Gasteiger partial charge in [-0.15, -0.1) is 0 Å². The molecule has 0 N–H and O–H groups in total. The van der Waals surface area contributed by atoms with Gasteiger partial charge in [0.1, 0.15) is 12.4 Å². The molecule has 0 aromatic heterocycles. The zero-order chi connectivity index (χ0) is 14.5. The van der Waals surface area contributed by atoms with Gasteiger partial charge in [-0.1, -0.05) is 18.2 Å². The molecule has 20 heavy (non-hydrogen) atoms. The molecule has 0 aliphatic carbocycles. The standard InChI is InChI=1S/C13H10N2O5/c16-14(17)11-4-1-3-10(7-11)9-20-13-6-2-5-12(8-13)15(18)19/h1-8H,9H2. The molecule has 0 spiro atoms. The Morgan fingerprint density at radius 3 is 2.15 bits per heavy atom. The Labute approximate surface area is 113 Å². The van der Waals surface area contributed by atoms with E-state index in [2.05, 4.69) is 0 Å². The van der Waals surface area contributed by atoms with E-state index in [1.165, 1.54) is 30.3 Å². The minimum Gasteiger partial charge on any atom is -0.489 e. The van der Waals surface area contributed by atoms with Gasteiger partial charge in [0.25, 0.3) is 11.4 Å². The van der Waals surface area contributed by atoms with Crippen molar-refractivity contribution in [3.8, 4) is 5.75 Å². The van der Waals surface area contributed by atoms with Crippen LogP contribution in [0.5, 0.6) is 5.75 Å². The van der Waals surface area contributed by atoms with Crippen LogP contribution in [0, 0.1) is 20.2 Å². The van der Waals surface area contributed by atoms with Gasteiger partial charge in [-0.2, -0.15) is 0 Å². The summed E-state index contributed by atoms with van der Waals surface area (Å²) in [5.74, 6) is 0.339. The van der Waals surface area contributed by atoms with Crippen molar-refractivity contribution >= 4 is 11.4 Å². The molecule has 0 bridgehead atoms. The minimum atomic E-state index is -0.514. The normalized spacial score (nSPS) is 10.0. The predicted molar refractivity (Wildman–Crippen MR) is 70.5 cm³/mol. The largest absolute Gasteiger partial charge is 0.489 e. The molecule has 2 aromatic carbocycles. The lowest BCUT2D eigenvalue weighted by atomic mass is 10.2. The molecular weight excluding hydrogens is 264 g/mol. The smallest absolute Gasteiger partial charge is 0.273 e. The molecule has 0 saturated carbocycles. The summed E-state index contributed by atoms with van der Waals surface area (Å²) >= 11 is 0. The van der Waals surface area contributed by atoms with Crippen LogP contribution in [0.2, 0.25) is 0 Å². The highest BCUT2D eigenvalue weighted by molar-refractivity contribution is 5.38. The molecule has 0 amide bonds. The van der Waals surface area contributed by atoms with Gasteiger partial charge < -0.3 is 4.74 Å². The average Bonchev–Trinajstić information content (AvgIpc) is 2.45. The first-order chi connectivity index (χ1) is 9.56. The van der Waals surface area contributed by atoms with Gasteiger partial charge in [0.15, 0.2) is 0 Å². The van der Waals surface area contributed by atoms with Crippen molar-refractivity contribution in [1.29, 1.82) is 0 Å². The molecule has 0 atom stereocenters. The lowest BCUT2D eigenvalue weighted by molar-refractivity contribution is -0.385. The van der Waals surface area contributed by atoms with Gasteiger partial charge in [0, 0.05) is 18.2 Å². The average molecular weight is 274 g/mol. The molecule has 0 radical (unpaired) electrons. The maximum absolute atomic E-state index is 10.6. The van der Waals surface area contributed by atoms with E-state index < -0.39 is 9.85 Å². The van der Waals surface area contributed by atoms with Crippen LogP contribution < -0.4 is 4.74 Å². The van der Waals surface area contributed by atoms with Crippen LogP contribution in [-0.4, -0.2) is 9.85 Å². The van der Waals surface area contributed by atoms with E-state index in [-0.39, 0.29) is 18.0 Å². The van der Waals surface area contributed by atoms with E-state index in [0.29, 0.717) is 11.3 Å². The molecule has 0 aliphatic heterocycles. The molecule has 0 heterocycles. The Hall–Kier alpha value is -2.96. The molecule has 7 nitrogen and oxygen atoms in total. The zero-order valence-electron chi connectivity index (χ0n) is 10.3. The van der Waals surface area contributed by atoms with Crippen LogP contribution in [-0.2, 0) is 6.61 Å². The summed E-state index contributed by atoms with van der Waals surface area (Å²) in [7, 11) is 0. The lowest BCUT2D eigenvalue weighted by Gasteiger charge is -2.05. The Bertz CT molecular complexity index is 599. The quantitative estimate of drug-likeness (QED) is 0.616. The van der Waals surface area contributed by atoms with Crippen LogP contribution in [0.15, 0.2) is 48.5 Å². The van der Waals surface area contributed by atoms with E-state index in [1.807, 2.05) is 0 Å². The maximum Gasteiger partial charge on any atom is 0.273 e. The lowest BCUT2D eigenvalue weighted by Crippen LogP contribution is -1.97. The number of ether oxygens (including phenoxy) is 1. The molecular formula is C13H10N2O5. The molecule has 2 aromatic rings. The topological polar surface area (TPSA) is 95.5 Å². The number of hydrogen-bond acceptors (Lipinski definition) is 5. The Kier molecular flexibility index (Phi) is 3.90. The van der Waals surface area contributed by atoms with Crippen LogP contribution in [0.1, 0.15) is 5.56 Å². The van der Waals surface area contributed by atoms with E-state index in [9.17, 15) is 20.2 Å². The van der Waals surface area contributed by atoms with Gasteiger partial charge in [0.05, 0.1) is 15.9 Å². The Morgan fingerprint density at radius 1 is 0.900 bits per heavy atom. The van der Waals surface area contributed by atoms with Crippen molar-refractivity contribution < 1.29 is 14.6 Å². The van der Waals surface area contributed by atoms with Crippen molar-refractivity contribution in [2.24, 2.45) is 0 Å². The van der Waals surface area contributed by atoms with Gasteiger partial charge >= 0.3 is 0 Å². The van der Waals surface area contributed by atoms with E-state index in [0.717, 1.165) is 0 Å². The predicted octanol–water partition coefficient (Wildman–Crippen LogP) is 3.08. The summed E-state index contributed by atoms with van der Waals surface area (Å²) in [5.41, 5.74) is 0.525. The molecule has 2 rings (SSSR count).